The predicted octanol–water partition coefficient (Wildman–Crippen LogP) is 4.12. The molecule has 1 aliphatic heterocycles. The van der Waals surface area contributed by atoms with Gasteiger partial charge in [0.25, 0.3) is 0 Å². The summed E-state index contributed by atoms with van der Waals surface area (Å²) in [6, 6.07) is 10.0. The van der Waals surface area contributed by atoms with E-state index in [0.717, 1.165) is 22.6 Å². The maximum Gasteiger partial charge on any atom is 0.127 e. The predicted molar refractivity (Wildman–Crippen MR) is 82.0 cm³/mol. The first-order chi connectivity index (χ1) is 10.1. The minimum atomic E-state index is -0.282. The molecule has 0 spiro atoms. The van der Waals surface area contributed by atoms with Gasteiger partial charge in [0.1, 0.15) is 23.4 Å². The average molecular weight is 352 g/mol. The molecular formula is C16H15BrFNO2. The molecule has 0 amide bonds. The summed E-state index contributed by atoms with van der Waals surface area (Å²) in [4.78, 5) is 0. The van der Waals surface area contributed by atoms with Crippen molar-refractivity contribution < 1.29 is 13.9 Å². The molecule has 0 bridgehead atoms. The van der Waals surface area contributed by atoms with Crippen LogP contribution in [0.3, 0.4) is 0 Å². The maximum atomic E-state index is 13.2. The highest BCUT2D eigenvalue weighted by molar-refractivity contribution is 9.10. The lowest BCUT2D eigenvalue weighted by Crippen LogP contribution is -2.24. The molecule has 2 atom stereocenters. The van der Waals surface area contributed by atoms with E-state index in [1.165, 1.54) is 12.1 Å². The van der Waals surface area contributed by atoms with E-state index in [1.54, 1.807) is 13.2 Å². The number of nitrogens with two attached hydrogens (primary N) is 1. The van der Waals surface area contributed by atoms with Crippen molar-refractivity contribution in [2.45, 2.75) is 18.6 Å². The first kappa shape index (κ1) is 14.4. The van der Waals surface area contributed by atoms with E-state index in [9.17, 15) is 4.39 Å². The van der Waals surface area contributed by atoms with Crippen LogP contribution >= 0.6 is 15.9 Å². The van der Waals surface area contributed by atoms with Crippen molar-refractivity contribution in [3.05, 3.63) is 57.8 Å². The SMILES string of the molecule is COc1ccc2c(c1)[C@@H](N)CC(c1ccc(F)cc1Br)O2. The van der Waals surface area contributed by atoms with Gasteiger partial charge in [0.15, 0.2) is 0 Å². The zero-order chi connectivity index (χ0) is 15.0. The first-order valence-electron chi connectivity index (χ1n) is 6.63. The molecule has 21 heavy (non-hydrogen) atoms. The highest BCUT2D eigenvalue weighted by Gasteiger charge is 2.28. The number of halogens is 2. The van der Waals surface area contributed by atoms with Crippen LogP contribution in [0.1, 0.15) is 29.7 Å². The van der Waals surface area contributed by atoms with E-state index >= 15 is 0 Å². The molecule has 0 saturated carbocycles. The molecule has 2 aromatic rings. The van der Waals surface area contributed by atoms with Gasteiger partial charge in [-0.15, -0.1) is 0 Å². The topological polar surface area (TPSA) is 44.5 Å². The third-order valence-electron chi connectivity index (χ3n) is 3.66. The molecule has 1 unspecified atom stereocenters. The normalized spacial score (nSPS) is 20.6. The van der Waals surface area contributed by atoms with E-state index in [-0.39, 0.29) is 18.0 Å². The van der Waals surface area contributed by atoms with Gasteiger partial charge in [-0.3, -0.25) is 0 Å². The molecule has 0 aliphatic carbocycles. The number of ether oxygens (including phenoxy) is 2. The molecule has 3 nitrogen and oxygen atoms in total. The molecule has 0 aromatic heterocycles. The minimum Gasteiger partial charge on any atom is -0.497 e. The number of fused-ring (bicyclic) bond motifs is 1. The van der Waals surface area contributed by atoms with Crippen molar-refractivity contribution in [3.63, 3.8) is 0 Å². The number of hydrogen-bond donors (Lipinski definition) is 1. The summed E-state index contributed by atoms with van der Waals surface area (Å²) in [7, 11) is 1.62. The summed E-state index contributed by atoms with van der Waals surface area (Å²) in [6.45, 7) is 0. The molecule has 0 fully saturated rings. The summed E-state index contributed by atoms with van der Waals surface area (Å²) in [6.07, 6.45) is 0.431. The zero-order valence-corrected chi connectivity index (χ0v) is 13.1. The van der Waals surface area contributed by atoms with Gasteiger partial charge in [0.2, 0.25) is 0 Å². The van der Waals surface area contributed by atoms with Crippen molar-refractivity contribution >= 4 is 15.9 Å². The van der Waals surface area contributed by atoms with Crippen molar-refractivity contribution in [1.82, 2.24) is 0 Å². The van der Waals surface area contributed by atoms with Crippen LogP contribution in [0, 0.1) is 5.82 Å². The van der Waals surface area contributed by atoms with E-state index in [4.69, 9.17) is 15.2 Å². The second-order valence-electron chi connectivity index (χ2n) is 5.02. The summed E-state index contributed by atoms with van der Waals surface area (Å²) < 4.78 is 25.1. The Balaban J connectivity index is 1.94. The lowest BCUT2D eigenvalue weighted by molar-refractivity contribution is 0.160. The van der Waals surface area contributed by atoms with Crippen LogP contribution in [-0.4, -0.2) is 7.11 Å². The van der Waals surface area contributed by atoms with Crippen molar-refractivity contribution in [2.24, 2.45) is 5.73 Å². The van der Waals surface area contributed by atoms with Crippen LogP contribution < -0.4 is 15.2 Å². The standard InChI is InChI=1S/C16H15BrFNO2/c1-20-10-3-5-15-12(7-10)14(19)8-16(21-15)11-4-2-9(18)6-13(11)17/h2-7,14,16H,8,19H2,1H3/t14-,16?/m0/s1. The molecule has 3 rings (SSSR count). The van der Waals surface area contributed by atoms with Crippen molar-refractivity contribution in [2.75, 3.05) is 7.11 Å². The Morgan fingerprint density at radius 1 is 1.24 bits per heavy atom. The second-order valence-corrected chi connectivity index (χ2v) is 5.87. The molecule has 2 N–H and O–H groups in total. The second kappa shape index (κ2) is 5.66. The summed E-state index contributed by atoms with van der Waals surface area (Å²) in [5.41, 5.74) is 8.08. The third-order valence-corrected chi connectivity index (χ3v) is 4.35. The third kappa shape index (κ3) is 2.76. The zero-order valence-electron chi connectivity index (χ0n) is 11.5. The van der Waals surface area contributed by atoms with Gasteiger partial charge in [0, 0.05) is 28.1 Å². The Hall–Kier alpha value is -1.59. The Morgan fingerprint density at radius 2 is 2.05 bits per heavy atom. The lowest BCUT2D eigenvalue weighted by Gasteiger charge is -2.31. The van der Waals surface area contributed by atoms with Crippen molar-refractivity contribution in [3.8, 4) is 11.5 Å². The highest BCUT2D eigenvalue weighted by Crippen LogP contribution is 2.42. The summed E-state index contributed by atoms with van der Waals surface area (Å²) in [5.74, 6) is 1.22. The van der Waals surface area contributed by atoms with Crippen LogP contribution in [0.15, 0.2) is 40.9 Å². The average Bonchev–Trinajstić information content (AvgIpc) is 2.47. The number of rotatable bonds is 2. The molecule has 0 saturated heterocycles. The lowest BCUT2D eigenvalue weighted by atomic mass is 9.93. The fourth-order valence-corrected chi connectivity index (χ4v) is 3.17. The van der Waals surface area contributed by atoms with Gasteiger partial charge in [-0.2, -0.15) is 0 Å². The summed E-state index contributed by atoms with van der Waals surface area (Å²) >= 11 is 3.38. The molecule has 2 aromatic carbocycles. The van der Waals surface area contributed by atoms with E-state index in [2.05, 4.69) is 15.9 Å². The molecule has 1 heterocycles. The maximum absolute atomic E-state index is 13.2. The Labute approximate surface area is 131 Å². The summed E-state index contributed by atoms with van der Waals surface area (Å²) in [5, 5.41) is 0. The van der Waals surface area contributed by atoms with Gasteiger partial charge in [-0.1, -0.05) is 22.0 Å². The van der Waals surface area contributed by atoms with Gasteiger partial charge in [-0.05, 0) is 30.3 Å². The van der Waals surface area contributed by atoms with Crippen LogP contribution in [-0.2, 0) is 0 Å². The molecule has 110 valence electrons. The molecule has 1 aliphatic rings. The number of benzene rings is 2. The van der Waals surface area contributed by atoms with Gasteiger partial charge in [0.05, 0.1) is 7.11 Å². The smallest absolute Gasteiger partial charge is 0.127 e. The molecular weight excluding hydrogens is 337 g/mol. The van der Waals surface area contributed by atoms with Gasteiger partial charge >= 0.3 is 0 Å². The van der Waals surface area contributed by atoms with E-state index in [1.807, 2.05) is 18.2 Å². The molecule has 5 heteroatoms. The van der Waals surface area contributed by atoms with Crippen LogP contribution in [0.5, 0.6) is 11.5 Å². The van der Waals surface area contributed by atoms with Crippen LogP contribution in [0.4, 0.5) is 4.39 Å². The fourth-order valence-electron chi connectivity index (χ4n) is 2.56. The number of methoxy groups -OCH3 is 1. The van der Waals surface area contributed by atoms with Crippen LogP contribution in [0.2, 0.25) is 0 Å². The fraction of sp³-hybridized carbons (Fsp3) is 0.250. The molecule has 0 radical (unpaired) electrons. The monoisotopic (exact) mass is 351 g/mol. The number of hydrogen-bond acceptors (Lipinski definition) is 3. The largest absolute Gasteiger partial charge is 0.497 e. The minimum absolute atomic E-state index is 0.147. The highest BCUT2D eigenvalue weighted by atomic mass is 79.9. The van der Waals surface area contributed by atoms with Gasteiger partial charge in [-0.25, -0.2) is 4.39 Å². The van der Waals surface area contributed by atoms with E-state index in [0.29, 0.717) is 10.9 Å². The first-order valence-corrected chi connectivity index (χ1v) is 7.43. The van der Waals surface area contributed by atoms with Gasteiger partial charge < -0.3 is 15.2 Å². The van der Waals surface area contributed by atoms with Crippen LogP contribution in [0.25, 0.3) is 0 Å². The van der Waals surface area contributed by atoms with Crippen molar-refractivity contribution in [1.29, 1.82) is 0 Å². The quantitative estimate of drug-likeness (QED) is 0.884. The Morgan fingerprint density at radius 3 is 2.76 bits per heavy atom. The van der Waals surface area contributed by atoms with E-state index < -0.39 is 0 Å². The Bertz CT molecular complexity index is 677. The Kier molecular flexibility index (Phi) is 3.87.